The Hall–Kier alpha value is -2.67. The minimum atomic E-state index is -3.24. The molecule has 0 saturated heterocycles. The molecule has 0 aliphatic carbocycles. The summed E-state index contributed by atoms with van der Waals surface area (Å²) in [5, 5.41) is 0.864. The second kappa shape index (κ2) is 6.81. The molecule has 0 aliphatic rings. The van der Waals surface area contributed by atoms with Gasteiger partial charge in [0.25, 0.3) is 0 Å². The normalized spacial score (nSPS) is 12.3. The average molecular weight is 386 g/mol. The molecule has 2 heterocycles. The topological polar surface area (TPSA) is 89.1 Å². The Morgan fingerprint density at radius 3 is 2.41 bits per heavy atom. The zero-order chi connectivity index (χ0) is 19.8. The van der Waals surface area contributed by atoms with E-state index in [-0.39, 0.29) is 17.3 Å². The maximum atomic E-state index is 12.1. The molecule has 0 spiro atoms. The third-order valence-corrected chi connectivity index (χ3v) is 5.06. The zero-order valence-corrected chi connectivity index (χ0v) is 16.6. The lowest BCUT2D eigenvalue weighted by Crippen LogP contribution is -2.24. The van der Waals surface area contributed by atoms with Gasteiger partial charge in [-0.1, -0.05) is 12.1 Å². The molecule has 1 N–H and O–H groups in total. The van der Waals surface area contributed by atoms with E-state index in [9.17, 15) is 13.2 Å². The summed E-state index contributed by atoms with van der Waals surface area (Å²) in [4.78, 5) is 19.8. The molecule has 6 nitrogen and oxygen atoms in total. The molecular weight excluding hydrogens is 364 g/mol. The van der Waals surface area contributed by atoms with Gasteiger partial charge in [0.05, 0.1) is 11.3 Å². The fourth-order valence-corrected chi connectivity index (χ4v) is 3.47. The number of fused-ring (bicyclic) bond motifs is 1. The van der Waals surface area contributed by atoms with Crippen molar-refractivity contribution in [2.75, 3.05) is 6.26 Å². The van der Waals surface area contributed by atoms with Gasteiger partial charge in [-0.2, -0.15) is 0 Å². The van der Waals surface area contributed by atoms with Crippen molar-refractivity contribution >= 4 is 26.8 Å². The van der Waals surface area contributed by atoms with Gasteiger partial charge in [-0.15, -0.1) is 0 Å². The number of H-pyrrole nitrogens is 1. The van der Waals surface area contributed by atoms with Gasteiger partial charge in [0.1, 0.15) is 11.2 Å². The first-order chi connectivity index (χ1) is 12.5. The first-order valence-corrected chi connectivity index (χ1v) is 10.4. The van der Waals surface area contributed by atoms with Gasteiger partial charge in [0.2, 0.25) is 0 Å². The molecule has 0 amide bonds. The van der Waals surface area contributed by atoms with Gasteiger partial charge in [-0.05, 0) is 56.2 Å². The van der Waals surface area contributed by atoms with Crippen molar-refractivity contribution in [3.63, 3.8) is 0 Å². The fraction of sp³-hybridized carbons (Fsp3) is 0.300. The molecule has 0 radical (unpaired) electrons. The molecule has 3 rings (SSSR count). The van der Waals surface area contributed by atoms with E-state index in [2.05, 4.69) is 9.97 Å². The lowest BCUT2D eigenvalue weighted by molar-refractivity contribution is -0.153. The summed E-state index contributed by atoms with van der Waals surface area (Å²) in [5.74, 6) is -0.312. The number of carbonyl (C=O) groups excluding carboxylic acids is 1. The smallest absolute Gasteiger partial charge is 0.312 e. The SMILES string of the molecule is CC(C)(C)OC(=O)Cc1cc2c(-c3ccc(S(C)(=O)=O)cc3)ccnc2[nH]1. The predicted molar refractivity (Wildman–Crippen MR) is 104 cm³/mol. The Balaban J connectivity index is 1.94. The Bertz CT molecular complexity index is 1090. The van der Waals surface area contributed by atoms with Crippen LogP contribution in [0.5, 0.6) is 0 Å². The maximum absolute atomic E-state index is 12.1. The molecule has 3 aromatic rings. The van der Waals surface area contributed by atoms with E-state index in [1.165, 1.54) is 6.26 Å². The number of aromatic amines is 1. The highest BCUT2D eigenvalue weighted by atomic mass is 32.2. The number of hydrogen-bond acceptors (Lipinski definition) is 5. The molecule has 0 aliphatic heterocycles. The minimum Gasteiger partial charge on any atom is -0.460 e. The van der Waals surface area contributed by atoms with Crippen LogP contribution >= 0.6 is 0 Å². The number of nitrogens with one attached hydrogen (secondary N) is 1. The number of nitrogens with zero attached hydrogens (tertiary/aromatic N) is 1. The molecule has 0 atom stereocenters. The van der Waals surface area contributed by atoms with E-state index in [4.69, 9.17) is 4.74 Å². The van der Waals surface area contributed by atoms with Crippen LogP contribution in [-0.4, -0.2) is 36.2 Å². The Kier molecular flexibility index (Phi) is 4.82. The molecule has 0 unspecified atom stereocenters. The standard InChI is InChI=1S/C20H22N2O4S/c1-20(2,3)26-18(23)12-14-11-17-16(9-10-21-19(17)22-14)13-5-7-15(8-6-13)27(4,24)25/h5-11H,12H2,1-4H3,(H,21,22). The zero-order valence-electron chi connectivity index (χ0n) is 15.7. The first kappa shape index (κ1) is 19.1. The number of sulfone groups is 1. The van der Waals surface area contributed by atoms with Crippen LogP contribution in [0.4, 0.5) is 0 Å². The highest BCUT2D eigenvalue weighted by molar-refractivity contribution is 7.90. The molecule has 1 aromatic carbocycles. The number of aromatic nitrogens is 2. The molecule has 0 fully saturated rings. The maximum Gasteiger partial charge on any atom is 0.312 e. The number of hydrogen-bond donors (Lipinski definition) is 1. The van der Waals surface area contributed by atoms with Crippen LogP contribution in [0.3, 0.4) is 0 Å². The average Bonchev–Trinajstić information content (AvgIpc) is 2.94. The molecule has 0 saturated carbocycles. The van der Waals surface area contributed by atoms with E-state index < -0.39 is 15.4 Å². The monoisotopic (exact) mass is 386 g/mol. The van der Waals surface area contributed by atoms with Crippen molar-refractivity contribution in [2.24, 2.45) is 0 Å². The van der Waals surface area contributed by atoms with Gasteiger partial charge < -0.3 is 9.72 Å². The third kappa shape index (κ3) is 4.54. The van der Waals surface area contributed by atoms with Gasteiger partial charge >= 0.3 is 5.97 Å². The van der Waals surface area contributed by atoms with Gasteiger partial charge in [-0.3, -0.25) is 4.79 Å². The number of rotatable bonds is 4. The highest BCUT2D eigenvalue weighted by Gasteiger charge is 2.18. The number of ether oxygens (including phenoxy) is 1. The van der Waals surface area contributed by atoms with Crippen molar-refractivity contribution in [3.8, 4) is 11.1 Å². The highest BCUT2D eigenvalue weighted by Crippen LogP contribution is 2.29. The van der Waals surface area contributed by atoms with E-state index in [0.29, 0.717) is 11.3 Å². The third-order valence-electron chi connectivity index (χ3n) is 3.94. The summed E-state index contributed by atoms with van der Waals surface area (Å²) in [6, 6.07) is 10.5. The second-order valence-electron chi connectivity index (χ2n) is 7.48. The molecule has 7 heteroatoms. The van der Waals surface area contributed by atoms with E-state index in [0.717, 1.165) is 16.5 Å². The first-order valence-electron chi connectivity index (χ1n) is 8.52. The van der Waals surface area contributed by atoms with Crippen molar-refractivity contribution in [1.29, 1.82) is 0 Å². The van der Waals surface area contributed by atoms with Crippen LogP contribution in [0.15, 0.2) is 47.5 Å². The quantitative estimate of drug-likeness (QED) is 0.693. The Labute approximate surface area is 158 Å². The number of pyridine rings is 1. The van der Waals surface area contributed by atoms with Crippen molar-refractivity contribution in [3.05, 3.63) is 48.3 Å². The minimum absolute atomic E-state index is 0.125. The van der Waals surface area contributed by atoms with Crippen LogP contribution in [0.2, 0.25) is 0 Å². The molecule has 0 bridgehead atoms. The Morgan fingerprint density at radius 2 is 1.81 bits per heavy atom. The number of esters is 1. The second-order valence-corrected chi connectivity index (χ2v) is 9.49. The van der Waals surface area contributed by atoms with Crippen molar-refractivity contribution in [1.82, 2.24) is 9.97 Å². The van der Waals surface area contributed by atoms with Gasteiger partial charge in [-0.25, -0.2) is 13.4 Å². The van der Waals surface area contributed by atoms with Gasteiger partial charge in [0.15, 0.2) is 9.84 Å². The van der Waals surface area contributed by atoms with E-state index >= 15 is 0 Å². The molecule has 27 heavy (non-hydrogen) atoms. The molecular formula is C20H22N2O4S. The summed E-state index contributed by atoms with van der Waals surface area (Å²) in [6.07, 6.45) is 2.98. The number of carbonyl (C=O) groups is 1. The van der Waals surface area contributed by atoms with Crippen LogP contribution in [-0.2, 0) is 25.8 Å². The molecule has 142 valence electrons. The molecule has 2 aromatic heterocycles. The largest absolute Gasteiger partial charge is 0.460 e. The summed E-state index contributed by atoms with van der Waals surface area (Å²) in [5.41, 5.74) is 2.63. The summed E-state index contributed by atoms with van der Waals surface area (Å²) < 4.78 is 28.6. The van der Waals surface area contributed by atoms with Crippen molar-refractivity contribution < 1.29 is 17.9 Å². The van der Waals surface area contributed by atoms with Gasteiger partial charge in [0, 0.05) is 23.5 Å². The Morgan fingerprint density at radius 1 is 1.15 bits per heavy atom. The van der Waals surface area contributed by atoms with Crippen LogP contribution < -0.4 is 0 Å². The van der Waals surface area contributed by atoms with E-state index in [1.807, 2.05) is 32.9 Å². The van der Waals surface area contributed by atoms with Crippen molar-refractivity contribution in [2.45, 2.75) is 37.7 Å². The van der Waals surface area contributed by atoms with E-state index in [1.54, 1.807) is 30.5 Å². The lowest BCUT2D eigenvalue weighted by Gasteiger charge is -2.19. The summed E-state index contributed by atoms with van der Waals surface area (Å²) in [7, 11) is -3.24. The fourth-order valence-electron chi connectivity index (χ4n) is 2.84. The lowest BCUT2D eigenvalue weighted by atomic mass is 10.0. The van der Waals surface area contributed by atoms with Crippen LogP contribution in [0, 0.1) is 0 Å². The predicted octanol–water partition coefficient (Wildman–Crippen LogP) is 3.52. The van der Waals surface area contributed by atoms with Crippen LogP contribution in [0.1, 0.15) is 26.5 Å². The van der Waals surface area contributed by atoms with Crippen LogP contribution in [0.25, 0.3) is 22.2 Å². The number of benzene rings is 1. The summed E-state index contributed by atoms with van der Waals surface area (Å²) in [6.45, 7) is 5.49. The summed E-state index contributed by atoms with van der Waals surface area (Å²) >= 11 is 0.